The average Bonchev–Trinajstić information content (AvgIpc) is 2.73. The van der Waals surface area contributed by atoms with Gasteiger partial charge in [-0.3, -0.25) is 9.59 Å². The SMILES string of the molecule is COC(=O)c1cccc(NC(=O)CN2CCCCCC2=O)c1C. The first kappa shape index (κ1) is 17.0. The average molecular weight is 318 g/mol. The van der Waals surface area contributed by atoms with E-state index in [0.29, 0.717) is 29.8 Å². The lowest BCUT2D eigenvalue weighted by Gasteiger charge is -2.20. The lowest BCUT2D eigenvalue weighted by atomic mass is 10.1. The van der Waals surface area contributed by atoms with Gasteiger partial charge in [0.1, 0.15) is 0 Å². The standard InChI is InChI=1S/C17H22N2O4/c1-12-13(17(22)23-2)7-6-8-14(12)18-15(20)11-19-10-5-3-4-9-16(19)21/h6-8H,3-5,9-11H2,1-2H3,(H,18,20). The first-order chi connectivity index (χ1) is 11.0. The molecule has 1 aromatic carbocycles. The van der Waals surface area contributed by atoms with Crippen LogP contribution in [-0.2, 0) is 14.3 Å². The Morgan fingerprint density at radius 2 is 2.04 bits per heavy atom. The van der Waals surface area contributed by atoms with Gasteiger partial charge in [0.2, 0.25) is 11.8 Å². The van der Waals surface area contributed by atoms with Gasteiger partial charge in [-0.1, -0.05) is 12.5 Å². The first-order valence-corrected chi connectivity index (χ1v) is 7.78. The molecule has 2 rings (SSSR count). The number of benzene rings is 1. The Hall–Kier alpha value is -2.37. The highest BCUT2D eigenvalue weighted by Gasteiger charge is 2.20. The third-order valence-corrected chi connectivity index (χ3v) is 4.02. The zero-order chi connectivity index (χ0) is 16.8. The predicted octanol–water partition coefficient (Wildman–Crippen LogP) is 2.12. The number of carbonyl (C=O) groups is 3. The molecule has 0 aromatic heterocycles. The third-order valence-electron chi connectivity index (χ3n) is 4.02. The molecule has 1 aliphatic heterocycles. The molecule has 1 aliphatic rings. The molecule has 0 saturated carbocycles. The lowest BCUT2D eigenvalue weighted by molar-refractivity contribution is -0.134. The van der Waals surface area contributed by atoms with Gasteiger partial charge in [-0.05, 0) is 37.5 Å². The van der Waals surface area contributed by atoms with E-state index in [2.05, 4.69) is 5.32 Å². The van der Waals surface area contributed by atoms with Crippen LogP contribution in [0, 0.1) is 6.92 Å². The van der Waals surface area contributed by atoms with E-state index in [1.807, 2.05) is 0 Å². The van der Waals surface area contributed by atoms with Crippen molar-refractivity contribution in [3.05, 3.63) is 29.3 Å². The first-order valence-electron chi connectivity index (χ1n) is 7.78. The Bertz CT molecular complexity index is 613. The topological polar surface area (TPSA) is 75.7 Å². The van der Waals surface area contributed by atoms with Crippen molar-refractivity contribution in [2.45, 2.75) is 32.6 Å². The van der Waals surface area contributed by atoms with E-state index in [9.17, 15) is 14.4 Å². The maximum absolute atomic E-state index is 12.2. The van der Waals surface area contributed by atoms with E-state index in [-0.39, 0.29) is 18.4 Å². The van der Waals surface area contributed by atoms with Crippen LogP contribution in [0.2, 0.25) is 0 Å². The molecule has 0 unspecified atom stereocenters. The van der Waals surface area contributed by atoms with Crippen molar-refractivity contribution < 1.29 is 19.1 Å². The lowest BCUT2D eigenvalue weighted by Crippen LogP contribution is -2.37. The Morgan fingerprint density at radius 1 is 1.26 bits per heavy atom. The summed E-state index contributed by atoms with van der Waals surface area (Å²) in [5, 5.41) is 2.78. The van der Waals surface area contributed by atoms with Crippen LogP contribution in [0.4, 0.5) is 5.69 Å². The highest BCUT2D eigenvalue weighted by atomic mass is 16.5. The zero-order valence-corrected chi connectivity index (χ0v) is 13.6. The van der Waals surface area contributed by atoms with Crippen molar-refractivity contribution in [2.24, 2.45) is 0 Å². The van der Waals surface area contributed by atoms with E-state index in [0.717, 1.165) is 19.3 Å². The third kappa shape index (κ3) is 4.31. The number of esters is 1. The Balaban J connectivity index is 2.05. The second-order valence-electron chi connectivity index (χ2n) is 5.64. The summed E-state index contributed by atoms with van der Waals surface area (Å²) in [7, 11) is 1.32. The van der Waals surface area contributed by atoms with Crippen LogP contribution in [0.1, 0.15) is 41.6 Å². The number of nitrogens with zero attached hydrogens (tertiary/aromatic N) is 1. The minimum absolute atomic E-state index is 0.0256. The highest BCUT2D eigenvalue weighted by Crippen LogP contribution is 2.20. The number of amides is 2. The Morgan fingerprint density at radius 3 is 2.78 bits per heavy atom. The molecule has 23 heavy (non-hydrogen) atoms. The van der Waals surface area contributed by atoms with Crippen LogP contribution in [0.25, 0.3) is 0 Å². The van der Waals surface area contributed by atoms with E-state index in [1.165, 1.54) is 7.11 Å². The van der Waals surface area contributed by atoms with E-state index in [4.69, 9.17) is 4.74 Å². The van der Waals surface area contributed by atoms with Crippen LogP contribution in [0.5, 0.6) is 0 Å². The molecule has 6 heteroatoms. The Kier molecular flexibility index (Phi) is 5.73. The summed E-state index contributed by atoms with van der Waals surface area (Å²) in [6, 6.07) is 5.06. The molecule has 2 amide bonds. The van der Waals surface area contributed by atoms with Gasteiger partial charge >= 0.3 is 5.97 Å². The van der Waals surface area contributed by atoms with Crippen molar-refractivity contribution in [1.29, 1.82) is 0 Å². The van der Waals surface area contributed by atoms with Gasteiger partial charge < -0.3 is 15.0 Å². The molecular weight excluding hydrogens is 296 g/mol. The monoisotopic (exact) mass is 318 g/mol. The maximum Gasteiger partial charge on any atom is 0.338 e. The van der Waals surface area contributed by atoms with Gasteiger partial charge in [0.25, 0.3) is 0 Å². The number of ether oxygens (including phenoxy) is 1. The second-order valence-corrected chi connectivity index (χ2v) is 5.64. The van der Waals surface area contributed by atoms with Crippen LogP contribution >= 0.6 is 0 Å². The molecule has 1 aromatic rings. The molecule has 0 radical (unpaired) electrons. The van der Waals surface area contributed by atoms with Gasteiger partial charge in [0, 0.05) is 18.7 Å². The molecule has 0 spiro atoms. The maximum atomic E-state index is 12.2. The van der Waals surface area contributed by atoms with Crippen molar-refractivity contribution in [2.75, 3.05) is 25.5 Å². The fourth-order valence-electron chi connectivity index (χ4n) is 2.67. The molecule has 0 atom stereocenters. The molecule has 1 fully saturated rings. The number of methoxy groups -OCH3 is 1. The fourth-order valence-corrected chi connectivity index (χ4v) is 2.67. The molecule has 124 valence electrons. The van der Waals surface area contributed by atoms with Gasteiger partial charge in [-0.25, -0.2) is 4.79 Å². The van der Waals surface area contributed by atoms with Crippen molar-refractivity contribution in [3.8, 4) is 0 Å². The van der Waals surface area contributed by atoms with Crippen molar-refractivity contribution >= 4 is 23.5 Å². The smallest absolute Gasteiger partial charge is 0.338 e. The summed E-state index contributed by atoms with van der Waals surface area (Å²) in [5.74, 6) is -0.677. The Labute approximate surface area is 135 Å². The van der Waals surface area contributed by atoms with Crippen LogP contribution in [0.3, 0.4) is 0 Å². The van der Waals surface area contributed by atoms with Crippen LogP contribution in [-0.4, -0.2) is 42.9 Å². The number of nitrogens with one attached hydrogen (secondary N) is 1. The minimum atomic E-state index is -0.443. The molecular formula is C17H22N2O4. The summed E-state index contributed by atoms with van der Waals surface area (Å²) in [4.78, 5) is 37.4. The highest BCUT2D eigenvalue weighted by molar-refractivity contribution is 5.98. The molecule has 6 nitrogen and oxygen atoms in total. The van der Waals surface area contributed by atoms with Crippen LogP contribution < -0.4 is 5.32 Å². The summed E-state index contributed by atoms with van der Waals surface area (Å²) >= 11 is 0. The summed E-state index contributed by atoms with van der Waals surface area (Å²) in [5.41, 5.74) is 1.62. The summed E-state index contributed by atoms with van der Waals surface area (Å²) in [6.07, 6.45) is 3.33. The minimum Gasteiger partial charge on any atom is -0.465 e. The largest absolute Gasteiger partial charge is 0.465 e. The quantitative estimate of drug-likeness (QED) is 0.863. The van der Waals surface area contributed by atoms with Gasteiger partial charge in [-0.2, -0.15) is 0 Å². The number of likely N-dealkylation sites (tertiary alicyclic amines) is 1. The molecule has 1 N–H and O–H groups in total. The number of rotatable bonds is 4. The van der Waals surface area contributed by atoms with E-state index in [1.54, 1.807) is 30.0 Å². The summed E-state index contributed by atoms with van der Waals surface area (Å²) < 4.78 is 4.72. The normalized spacial score (nSPS) is 15.0. The van der Waals surface area contributed by atoms with Crippen molar-refractivity contribution in [3.63, 3.8) is 0 Å². The van der Waals surface area contributed by atoms with Crippen LogP contribution in [0.15, 0.2) is 18.2 Å². The predicted molar refractivity (Wildman–Crippen MR) is 86.2 cm³/mol. The van der Waals surface area contributed by atoms with Gasteiger partial charge in [-0.15, -0.1) is 0 Å². The van der Waals surface area contributed by atoms with E-state index >= 15 is 0 Å². The molecule has 0 bridgehead atoms. The number of hydrogen-bond donors (Lipinski definition) is 1. The zero-order valence-electron chi connectivity index (χ0n) is 13.6. The fraction of sp³-hybridized carbons (Fsp3) is 0.471. The molecule has 1 heterocycles. The van der Waals surface area contributed by atoms with Gasteiger partial charge in [0.15, 0.2) is 0 Å². The number of anilines is 1. The summed E-state index contributed by atoms with van der Waals surface area (Å²) in [6.45, 7) is 2.41. The van der Waals surface area contributed by atoms with Gasteiger partial charge in [0.05, 0.1) is 19.2 Å². The number of hydrogen-bond acceptors (Lipinski definition) is 4. The molecule has 0 aliphatic carbocycles. The van der Waals surface area contributed by atoms with Crippen molar-refractivity contribution in [1.82, 2.24) is 4.90 Å². The molecule has 1 saturated heterocycles. The number of carbonyl (C=O) groups excluding carboxylic acids is 3. The second kappa shape index (κ2) is 7.76. The van der Waals surface area contributed by atoms with E-state index < -0.39 is 5.97 Å².